The molecule has 2 aromatic rings. The van der Waals surface area contributed by atoms with E-state index in [1.54, 1.807) is 32.0 Å². The van der Waals surface area contributed by atoms with Gasteiger partial charge in [-0.3, -0.25) is 14.4 Å². The Bertz CT molecular complexity index is 855. The lowest BCUT2D eigenvalue weighted by Gasteiger charge is -2.15. The second-order valence-electron chi connectivity index (χ2n) is 6.23. The Hall–Kier alpha value is -2.89. The third kappa shape index (κ3) is 4.79. The number of hydrogen-bond donors (Lipinski definition) is 3. The molecule has 0 bridgehead atoms. The van der Waals surface area contributed by atoms with E-state index in [2.05, 4.69) is 15.6 Å². The van der Waals surface area contributed by atoms with E-state index in [-0.39, 0.29) is 23.9 Å². The summed E-state index contributed by atoms with van der Waals surface area (Å²) < 4.78 is 0. The highest BCUT2D eigenvalue weighted by Gasteiger charge is 2.17. The predicted molar refractivity (Wildman–Crippen MR) is 96.5 cm³/mol. The Morgan fingerprint density at radius 1 is 1.16 bits per heavy atom. The van der Waals surface area contributed by atoms with Gasteiger partial charge in [-0.1, -0.05) is 17.7 Å². The summed E-state index contributed by atoms with van der Waals surface area (Å²) >= 11 is 0. The maximum atomic E-state index is 12.2. The smallest absolute Gasteiger partial charge is 0.253 e. The maximum absolute atomic E-state index is 12.2. The third-order valence-electron chi connectivity index (χ3n) is 3.95. The summed E-state index contributed by atoms with van der Waals surface area (Å²) in [5, 5.41) is 5.36. The number of pyridine rings is 1. The highest BCUT2D eigenvalue weighted by Crippen LogP contribution is 2.05. The fourth-order valence-corrected chi connectivity index (χ4v) is 2.56. The summed E-state index contributed by atoms with van der Waals surface area (Å²) in [6.45, 7) is 7.25. The van der Waals surface area contributed by atoms with Gasteiger partial charge in [0.2, 0.25) is 5.91 Å². The van der Waals surface area contributed by atoms with Gasteiger partial charge < -0.3 is 15.6 Å². The largest absolute Gasteiger partial charge is 0.350 e. The summed E-state index contributed by atoms with van der Waals surface area (Å²) in [6.07, 6.45) is 0. The zero-order chi connectivity index (χ0) is 18.6. The molecule has 6 heteroatoms. The molecule has 0 spiro atoms. The number of aromatic amines is 1. The fraction of sp³-hybridized carbons (Fsp3) is 0.316. The van der Waals surface area contributed by atoms with Crippen molar-refractivity contribution < 1.29 is 9.59 Å². The standard InChI is InChI=1S/C19H23N3O3/c1-11-6-5-7-15(8-11)18(24)22-14(4)17(23)20-10-16-12(2)9-13(3)21-19(16)25/h5-9,14H,10H2,1-4H3,(H,20,23)(H,21,25)(H,22,24)/t14-/m0/s1. The molecule has 0 aliphatic heterocycles. The number of carbonyl (C=O) groups excluding carboxylic acids is 2. The average Bonchev–Trinajstić information content (AvgIpc) is 2.53. The lowest BCUT2D eigenvalue weighted by atomic mass is 10.1. The molecule has 0 aliphatic rings. The first-order valence-corrected chi connectivity index (χ1v) is 8.12. The first-order chi connectivity index (χ1) is 11.8. The summed E-state index contributed by atoms with van der Waals surface area (Å²) in [4.78, 5) is 39.1. The number of nitrogens with one attached hydrogen (secondary N) is 3. The SMILES string of the molecule is Cc1cccc(C(=O)N[C@@H](C)C(=O)NCc2c(C)cc(C)[nH]c2=O)c1. The quantitative estimate of drug-likeness (QED) is 0.773. The van der Waals surface area contributed by atoms with Crippen LogP contribution < -0.4 is 16.2 Å². The van der Waals surface area contributed by atoms with E-state index >= 15 is 0 Å². The molecule has 1 heterocycles. The average molecular weight is 341 g/mol. The summed E-state index contributed by atoms with van der Waals surface area (Å²) in [6, 6.07) is 8.29. The molecule has 0 saturated carbocycles. The van der Waals surface area contributed by atoms with E-state index in [1.165, 1.54) is 0 Å². The van der Waals surface area contributed by atoms with Crippen LogP contribution in [0.2, 0.25) is 0 Å². The molecule has 132 valence electrons. The van der Waals surface area contributed by atoms with Crippen molar-refractivity contribution in [3.05, 3.63) is 68.6 Å². The molecule has 0 saturated heterocycles. The van der Waals surface area contributed by atoms with Crippen LogP contribution in [0.4, 0.5) is 0 Å². The van der Waals surface area contributed by atoms with E-state index < -0.39 is 6.04 Å². The molecule has 2 amide bonds. The Balaban J connectivity index is 1.97. The summed E-state index contributed by atoms with van der Waals surface area (Å²) in [5.74, 6) is -0.656. The first-order valence-electron chi connectivity index (χ1n) is 8.12. The maximum Gasteiger partial charge on any atom is 0.253 e. The molecule has 6 nitrogen and oxygen atoms in total. The van der Waals surface area contributed by atoms with Crippen LogP contribution in [0.5, 0.6) is 0 Å². The van der Waals surface area contributed by atoms with Gasteiger partial charge in [0.15, 0.2) is 0 Å². The number of benzene rings is 1. The van der Waals surface area contributed by atoms with Crippen LogP contribution in [0, 0.1) is 20.8 Å². The van der Waals surface area contributed by atoms with Gasteiger partial charge >= 0.3 is 0 Å². The molecule has 0 fully saturated rings. The van der Waals surface area contributed by atoms with Crippen LogP contribution in [0.3, 0.4) is 0 Å². The second-order valence-corrected chi connectivity index (χ2v) is 6.23. The Morgan fingerprint density at radius 3 is 2.52 bits per heavy atom. The van der Waals surface area contributed by atoms with Gasteiger partial charge in [0, 0.05) is 23.4 Å². The van der Waals surface area contributed by atoms with Gasteiger partial charge in [0.1, 0.15) is 6.04 Å². The minimum Gasteiger partial charge on any atom is -0.350 e. The molecular formula is C19H23N3O3. The molecule has 0 aliphatic carbocycles. The Labute approximate surface area is 146 Å². The normalized spacial score (nSPS) is 11.7. The molecule has 3 N–H and O–H groups in total. The van der Waals surface area contributed by atoms with Crippen molar-refractivity contribution in [3.63, 3.8) is 0 Å². The molecular weight excluding hydrogens is 318 g/mol. The number of amides is 2. The zero-order valence-corrected chi connectivity index (χ0v) is 14.9. The molecule has 1 atom stereocenters. The van der Waals surface area contributed by atoms with Crippen LogP contribution in [-0.4, -0.2) is 22.8 Å². The minimum absolute atomic E-state index is 0.116. The Morgan fingerprint density at radius 2 is 1.88 bits per heavy atom. The van der Waals surface area contributed by atoms with Crippen molar-refractivity contribution in [1.82, 2.24) is 15.6 Å². The Kier molecular flexibility index (Phi) is 5.75. The van der Waals surface area contributed by atoms with Crippen LogP contribution in [0.15, 0.2) is 35.1 Å². The van der Waals surface area contributed by atoms with Crippen LogP contribution in [0.1, 0.15) is 39.7 Å². The van der Waals surface area contributed by atoms with Crippen LogP contribution in [0.25, 0.3) is 0 Å². The van der Waals surface area contributed by atoms with Gasteiger partial charge in [0.05, 0.1) is 0 Å². The summed E-state index contributed by atoms with van der Waals surface area (Å²) in [7, 11) is 0. The number of rotatable bonds is 5. The van der Waals surface area contributed by atoms with Crippen molar-refractivity contribution >= 4 is 11.8 Å². The highest BCUT2D eigenvalue weighted by molar-refractivity contribution is 5.97. The molecule has 0 radical (unpaired) electrons. The number of carbonyl (C=O) groups is 2. The second kappa shape index (κ2) is 7.79. The van der Waals surface area contributed by atoms with E-state index in [1.807, 2.05) is 26.0 Å². The van der Waals surface area contributed by atoms with Crippen molar-refractivity contribution in [2.75, 3.05) is 0 Å². The van der Waals surface area contributed by atoms with E-state index in [9.17, 15) is 14.4 Å². The van der Waals surface area contributed by atoms with Gasteiger partial charge in [-0.25, -0.2) is 0 Å². The molecule has 1 aromatic heterocycles. The van der Waals surface area contributed by atoms with E-state index in [0.29, 0.717) is 11.1 Å². The van der Waals surface area contributed by atoms with E-state index in [0.717, 1.165) is 16.8 Å². The third-order valence-corrected chi connectivity index (χ3v) is 3.95. The molecule has 1 aromatic carbocycles. The number of hydrogen-bond acceptors (Lipinski definition) is 3. The van der Waals surface area contributed by atoms with Gasteiger partial charge in [0.25, 0.3) is 11.5 Å². The van der Waals surface area contributed by atoms with Gasteiger partial charge in [-0.15, -0.1) is 0 Å². The fourth-order valence-electron chi connectivity index (χ4n) is 2.56. The summed E-state index contributed by atoms with van der Waals surface area (Å²) in [5.41, 5.74) is 3.36. The predicted octanol–water partition coefficient (Wildman–Crippen LogP) is 1.73. The minimum atomic E-state index is -0.710. The van der Waals surface area contributed by atoms with Gasteiger partial charge in [-0.05, 0) is 51.5 Å². The van der Waals surface area contributed by atoms with Crippen molar-refractivity contribution in [3.8, 4) is 0 Å². The lowest BCUT2D eigenvalue weighted by Crippen LogP contribution is -2.45. The number of aryl methyl sites for hydroxylation is 3. The number of aromatic nitrogens is 1. The molecule has 2 rings (SSSR count). The highest BCUT2D eigenvalue weighted by atomic mass is 16.2. The first kappa shape index (κ1) is 18.4. The zero-order valence-electron chi connectivity index (χ0n) is 14.9. The molecule has 25 heavy (non-hydrogen) atoms. The van der Waals surface area contributed by atoms with Crippen LogP contribution in [-0.2, 0) is 11.3 Å². The number of H-pyrrole nitrogens is 1. The topological polar surface area (TPSA) is 91.1 Å². The van der Waals surface area contributed by atoms with Crippen molar-refractivity contribution in [2.24, 2.45) is 0 Å². The van der Waals surface area contributed by atoms with Crippen LogP contribution >= 0.6 is 0 Å². The van der Waals surface area contributed by atoms with Gasteiger partial charge in [-0.2, -0.15) is 0 Å². The molecule has 0 unspecified atom stereocenters. The lowest BCUT2D eigenvalue weighted by molar-refractivity contribution is -0.122. The van der Waals surface area contributed by atoms with Crippen molar-refractivity contribution in [2.45, 2.75) is 40.3 Å². The monoisotopic (exact) mass is 341 g/mol. The van der Waals surface area contributed by atoms with Crippen molar-refractivity contribution in [1.29, 1.82) is 0 Å². The van der Waals surface area contributed by atoms with E-state index in [4.69, 9.17) is 0 Å².